The summed E-state index contributed by atoms with van der Waals surface area (Å²) in [6.07, 6.45) is -2.33. The van der Waals surface area contributed by atoms with Crippen molar-refractivity contribution >= 4 is 42.6 Å². The summed E-state index contributed by atoms with van der Waals surface area (Å²) >= 11 is 1.31. The summed E-state index contributed by atoms with van der Waals surface area (Å²) in [5.74, 6) is -1.60. The smallest absolute Gasteiger partial charge is 0.303 e. The van der Waals surface area contributed by atoms with Crippen LogP contribution in [0.15, 0.2) is 4.99 Å². The van der Waals surface area contributed by atoms with Crippen LogP contribution in [-0.4, -0.2) is 67.2 Å². The highest BCUT2D eigenvalue weighted by Crippen LogP contribution is 2.39. The molecule has 0 aromatic heterocycles. The Balaban J connectivity index is 2.27. The van der Waals surface area contributed by atoms with Gasteiger partial charge in [0.25, 0.3) is 0 Å². The summed E-state index contributed by atoms with van der Waals surface area (Å²) in [4.78, 5) is 38.4. The highest BCUT2D eigenvalue weighted by Gasteiger charge is 2.52. The van der Waals surface area contributed by atoms with Crippen LogP contribution in [0.1, 0.15) is 20.8 Å². The van der Waals surface area contributed by atoms with Crippen molar-refractivity contribution < 1.29 is 33.3 Å². The van der Waals surface area contributed by atoms with Crippen LogP contribution in [0.2, 0.25) is 6.32 Å². The lowest BCUT2D eigenvalue weighted by Crippen LogP contribution is -2.59. The number of carbonyl (C=O) groups is 3. The van der Waals surface area contributed by atoms with Gasteiger partial charge in [0.15, 0.2) is 12.2 Å². The van der Waals surface area contributed by atoms with Crippen LogP contribution in [-0.2, 0) is 33.3 Å². The predicted molar refractivity (Wildman–Crippen MR) is 85.8 cm³/mol. The Bertz CT molecular complexity index is 555. The van der Waals surface area contributed by atoms with Gasteiger partial charge in [-0.3, -0.25) is 19.4 Å². The minimum atomic E-state index is -0.937. The maximum absolute atomic E-state index is 11.5. The molecule has 2 unspecified atom stereocenters. The van der Waals surface area contributed by atoms with Crippen molar-refractivity contribution in [2.24, 2.45) is 4.99 Å². The van der Waals surface area contributed by atoms with E-state index in [4.69, 9.17) is 26.8 Å². The van der Waals surface area contributed by atoms with Gasteiger partial charge in [-0.15, -0.1) is 0 Å². The van der Waals surface area contributed by atoms with E-state index in [1.54, 1.807) is 0 Å². The topological polar surface area (TPSA) is 100 Å². The van der Waals surface area contributed by atoms with Gasteiger partial charge in [-0.1, -0.05) is 11.8 Å². The molecule has 0 N–H and O–H groups in total. The number of rotatable bonds is 5. The minimum absolute atomic E-state index is 0.132. The highest BCUT2D eigenvalue weighted by molar-refractivity contribution is 8.14. The first-order valence-corrected chi connectivity index (χ1v) is 8.26. The Kier molecular flexibility index (Phi) is 6.28. The van der Waals surface area contributed by atoms with Crippen LogP contribution < -0.4 is 0 Å². The van der Waals surface area contributed by atoms with Gasteiger partial charge in [-0.2, -0.15) is 0 Å². The van der Waals surface area contributed by atoms with E-state index in [9.17, 15) is 14.4 Å². The van der Waals surface area contributed by atoms with Crippen LogP contribution in [0.3, 0.4) is 0 Å². The number of aliphatic imine (C=N–C) groups is 1. The normalized spacial score (nSPS) is 31.6. The van der Waals surface area contributed by atoms with E-state index in [0.29, 0.717) is 5.04 Å². The van der Waals surface area contributed by atoms with Crippen LogP contribution in [0.5, 0.6) is 0 Å². The molecular formula is C14H18BNO7S. The number of thioether (sulfide) groups is 1. The molecule has 8 nitrogen and oxygen atoms in total. The van der Waals surface area contributed by atoms with E-state index >= 15 is 0 Å². The molecule has 2 aliphatic heterocycles. The lowest BCUT2D eigenvalue weighted by Gasteiger charge is -2.41. The SMILES string of the molecule is [B]CC1=NC2C(O[C@H](COC(C)=O)[C@@H](OC(C)=O)[C@@H]2OC(C)=O)S1. The second-order valence-electron chi connectivity index (χ2n) is 5.33. The Morgan fingerprint density at radius 1 is 1.12 bits per heavy atom. The largest absolute Gasteiger partial charge is 0.463 e. The molecular weight excluding hydrogens is 337 g/mol. The molecule has 2 rings (SSSR count). The van der Waals surface area contributed by atoms with Crippen molar-refractivity contribution in [1.29, 1.82) is 0 Å². The number of fused-ring (bicyclic) bond motifs is 1. The summed E-state index contributed by atoms with van der Waals surface area (Å²) in [5, 5.41) is 0.650. The molecule has 2 heterocycles. The van der Waals surface area contributed by atoms with Crippen LogP contribution in [0.4, 0.5) is 0 Å². The number of ether oxygens (including phenoxy) is 4. The van der Waals surface area contributed by atoms with E-state index in [2.05, 4.69) is 4.99 Å². The zero-order chi connectivity index (χ0) is 17.9. The molecule has 0 bridgehead atoms. The summed E-state index contributed by atoms with van der Waals surface area (Å²) in [7, 11) is 5.61. The van der Waals surface area contributed by atoms with Crippen molar-refractivity contribution in [2.75, 3.05) is 6.61 Å². The average Bonchev–Trinajstić information content (AvgIpc) is 2.89. The van der Waals surface area contributed by atoms with Crippen molar-refractivity contribution in [3.8, 4) is 0 Å². The van der Waals surface area contributed by atoms with Crippen molar-refractivity contribution in [1.82, 2.24) is 0 Å². The molecule has 0 spiro atoms. The molecule has 24 heavy (non-hydrogen) atoms. The second kappa shape index (κ2) is 8.02. The van der Waals surface area contributed by atoms with Gasteiger partial charge in [0.1, 0.15) is 24.2 Å². The summed E-state index contributed by atoms with van der Waals surface area (Å²) in [6.45, 7) is 3.62. The molecule has 0 amide bonds. The zero-order valence-corrected chi connectivity index (χ0v) is 14.4. The van der Waals surface area contributed by atoms with E-state index < -0.39 is 47.7 Å². The fourth-order valence-electron chi connectivity index (χ4n) is 2.55. The quantitative estimate of drug-likeness (QED) is 0.393. The number of esters is 3. The molecule has 130 valence electrons. The summed E-state index contributed by atoms with van der Waals surface area (Å²) in [5.41, 5.74) is -0.458. The first kappa shape index (κ1) is 18.8. The third-order valence-corrected chi connectivity index (χ3v) is 4.56. The summed E-state index contributed by atoms with van der Waals surface area (Å²) in [6, 6.07) is -0.546. The molecule has 0 aromatic carbocycles. The molecule has 10 heteroatoms. The van der Waals surface area contributed by atoms with Crippen molar-refractivity contribution in [3.05, 3.63) is 0 Å². The molecule has 2 aliphatic rings. The lowest BCUT2D eigenvalue weighted by atomic mass is 9.97. The number of nitrogens with zero attached hydrogens (tertiary/aromatic N) is 1. The van der Waals surface area contributed by atoms with Crippen molar-refractivity contribution in [2.45, 2.75) is 56.9 Å². The number of carbonyl (C=O) groups excluding carboxylic acids is 3. The van der Waals surface area contributed by atoms with Gasteiger partial charge < -0.3 is 18.9 Å². The van der Waals surface area contributed by atoms with E-state index in [0.717, 1.165) is 0 Å². The maximum atomic E-state index is 11.5. The van der Waals surface area contributed by atoms with Gasteiger partial charge >= 0.3 is 17.9 Å². The van der Waals surface area contributed by atoms with Crippen LogP contribution in [0, 0.1) is 0 Å². The molecule has 0 aromatic rings. The van der Waals surface area contributed by atoms with Gasteiger partial charge in [0, 0.05) is 20.8 Å². The highest BCUT2D eigenvalue weighted by atomic mass is 32.2. The van der Waals surface area contributed by atoms with Gasteiger partial charge in [0.05, 0.1) is 12.9 Å². The van der Waals surface area contributed by atoms with E-state index in [-0.39, 0.29) is 12.9 Å². The summed E-state index contributed by atoms with van der Waals surface area (Å²) < 4.78 is 21.5. The molecule has 0 aliphatic carbocycles. The molecule has 5 atom stereocenters. The Labute approximate surface area is 145 Å². The first-order valence-electron chi connectivity index (χ1n) is 7.38. The Hall–Kier alpha value is -1.55. The van der Waals surface area contributed by atoms with Gasteiger partial charge in [-0.25, -0.2) is 0 Å². The van der Waals surface area contributed by atoms with Gasteiger partial charge in [0.2, 0.25) is 0 Å². The van der Waals surface area contributed by atoms with Crippen molar-refractivity contribution in [3.63, 3.8) is 0 Å². The standard InChI is InChI=1S/C14H18BNO7S/c1-6(17)20-5-9-12(21-7(2)18)13(22-8(3)19)11-14(23-9)24-10(4-15)16-11/h9,11-14H,4-5H2,1-3H3/t9-,11?,12-,13-,14?/m1/s1. The third-order valence-electron chi connectivity index (χ3n) is 3.39. The number of hydrogen-bond acceptors (Lipinski definition) is 9. The predicted octanol–water partition coefficient (Wildman–Crippen LogP) is 0.238. The average molecular weight is 355 g/mol. The Morgan fingerprint density at radius 3 is 2.29 bits per heavy atom. The van der Waals surface area contributed by atoms with Gasteiger partial charge in [-0.05, 0) is 6.32 Å². The third kappa shape index (κ3) is 4.51. The molecule has 1 fully saturated rings. The molecule has 0 saturated carbocycles. The first-order chi connectivity index (χ1) is 11.3. The molecule has 1 saturated heterocycles. The monoisotopic (exact) mass is 355 g/mol. The second-order valence-corrected chi connectivity index (χ2v) is 6.50. The molecule has 2 radical (unpaired) electrons. The van der Waals surface area contributed by atoms with Crippen LogP contribution in [0.25, 0.3) is 0 Å². The Morgan fingerprint density at radius 2 is 1.75 bits per heavy atom. The number of hydrogen-bond donors (Lipinski definition) is 0. The fourth-order valence-corrected chi connectivity index (χ4v) is 3.65. The van der Waals surface area contributed by atoms with Crippen LogP contribution >= 0.6 is 11.8 Å². The minimum Gasteiger partial charge on any atom is -0.463 e. The zero-order valence-electron chi connectivity index (χ0n) is 13.6. The maximum Gasteiger partial charge on any atom is 0.303 e. The van der Waals surface area contributed by atoms with E-state index in [1.165, 1.54) is 32.5 Å². The van der Waals surface area contributed by atoms with E-state index in [1.807, 2.05) is 0 Å². The lowest BCUT2D eigenvalue weighted by molar-refractivity contribution is -0.208. The fraction of sp³-hybridized carbons (Fsp3) is 0.714.